The van der Waals surface area contributed by atoms with Crippen LogP contribution in [0.1, 0.15) is 37.0 Å². The molecule has 1 aliphatic heterocycles. The van der Waals surface area contributed by atoms with Crippen LogP contribution in [0.25, 0.3) is 0 Å². The highest BCUT2D eigenvalue weighted by Gasteiger charge is 2.28. The SMILES string of the molecule is CCC(CC)C(CNC(=O)c1cc(F)cc([N+](=O)[O-])c1N)N1CCOCC1. The summed E-state index contributed by atoms with van der Waals surface area (Å²) >= 11 is 0. The summed E-state index contributed by atoms with van der Waals surface area (Å²) in [5, 5.41) is 13.8. The van der Waals surface area contributed by atoms with Crippen molar-refractivity contribution < 1.29 is 18.8 Å². The fourth-order valence-electron chi connectivity index (χ4n) is 3.57. The number of nitrogens with two attached hydrogens (primary N) is 1. The molecule has 1 unspecified atom stereocenters. The monoisotopic (exact) mass is 382 g/mol. The number of rotatable bonds is 8. The molecule has 1 heterocycles. The first-order valence-corrected chi connectivity index (χ1v) is 9.22. The molecule has 0 radical (unpaired) electrons. The minimum absolute atomic E-state index is 0.109. The van der Waals surface area contributed by atoms with Gasteiger partial charge < -0.3 is 15.8 Å². The van der Waals surface area contributed by atoms with Crippen LogP contribution in [-0.4, -0.2) is 54.6 Å². The quantitative estimate of drug-likeness (QED) is 0.405. The molecule has 1 amide bonds. The predicted octanol–water partition coefficient (Wildman–Crippen LogP) is 2.18. The lowest BCUT2D eigenvalue weighted by atomic mass is 9.92. The van der Waals surface area contributed by atoms with Crippen molar-refractivity contribution in [2.75, 3.05) is 38.6 Å². The van der Waals surface area contributed by atoms with Crippen molar-refractivity contribution in [2.24, 2.45) is 5.92 Å². The summed E-state index contributed by atoms with van der Waals surface area (Å²) in [4.78, 5) is 25.0. The number of nitrogen functional groups attached to an aromatic ring is 1. The Balaban J connectivity index is 2.16. The van der Waals surface area contributed by atoms with E-state index in [1.54, 1.807) is 0 Å². The van der Waals surface area contributed by atoms with Gasteiger partial charge in [0, 0.05) is 25.7 Å². The number of hydrogen-bond acceptors (Lipinski definition) is 6. The average molecular weight is 382 g/mol. The van der Waals surface area contributed by atoms with Gasteiger partial charge in [0.05, 0.1) is 29.8 Å². The number of morpholine rings is 1. The number of amides is 1. The van der Waals surface area contributed by atoms with Gasteiger partial charge in [-0.15, -0.1) is 0 Å². The maximum atomic E-state index is 13.7. The number of carbonyl (C=O) groups excluding carboxylic acids is 1. The second kappa shape index (κ2) is 9.61. The molecule has 8 nitrogen and oxygen atoms in total. The summed E-state index contributed by atoms with van der Waals surface area (Å²) in [7, 11) is 0. The highest BCUT2D eigenvalue weighted by Crippen LogP contribution is 2.27. The second-order valence-electron chi connectivity index (χ2n) is 6.65. The van der Waals surface area contributed by atoms with Gasteiger partial charge in [0.15, 0.2) is 0 Å². The zero-order valence-electron chi connectivity index (χ0n) is 15.7. The molecular weight excluding hydrogens is 355 g/mol. The van der Waals surface area contributed by atoms with Crippen molar-refractivity contribution in [3.8, 4) is 0 Å². The molecular formula is C18H27FN4O4. The summed E-state index contributed by atoms with van der Waals surface area (Å²) in [6, 6.07) is 1.75. The fourth-order valence-corrected chi connectivity index (χ4v) is 3.57. The van der Waals surface area contributed by atoms with Crippen molar-refractivity contribution in [3.63, 3.8) is 0 Å². The maximum Gasteiger partial charge on any atom is 0.295 e. The molecule has 0 bridgehead atoms. The van der Waals surface area contributed by atoms with Gasteiger partial charge in [-0.05, 0) is 12.0 Å². The van der Waals surface area contributed by atoms with Crippen LogP contribution in [0, 0.1) is 21.8 Å². The van der Waals surface area contributed by atoms with Crippen LogP contribution >= 0.6 is 0 Å². The summed E-state index contributed by atoms with van der Waals surface area (Å²) < 4.78 is 19.1. The summed E-state index contributed by atoms with van der Waals surface area (Å²) in [6.07, 6.45) is 1.92. The van der Waals surface area contributed by atoms with Gasteiger partial charge in [0.2, 0.25) is 0 Å². The first-order chi connectivity index (χ1) is 12.9. The molecule has 9 heteroatoms. The molecule has 1 aromatic carbocycles. The van der Waals surface area contributed by atoms with Crippen LogP contribution in [0.3, 0.4) is 0 Å². The van der Waals surface area contributed by atoms with E-state index in [1.165, 1.54) is 0 Å². The van der Waals surface area contributed by atoms with E-state index >= 15 is 0 Å². The van der Waals surface area contributed by atoms with Crippen LogP contribution in [0.4, 0.5) is 15.8 Å². The van der Waals surface area contributed by atoms with Gasteiger partial charge >= 0.3 is 0 Å². The van der Waals surface area contributed by atoms with Crippen molar-refractivity contribution in [2.45, 2.75) is 32.7 Å². The number of nitrogens with one attached hydrogen (secondary N) is 1. The Hall–Kier alpha value is -2.26. The highest BCUT2D eigenvalue weighted by atomic mass is 19.1. The molecule has 1 aromatic rings. The van der Waals surface area contributed by atoms with Gasteiger partial charge in [-0.1, -0.05) is 26.7 Å². The van der Waals surface area contributed by atoms with Crippen LogP contribution in [-0.2, 0) is 4.74 Å². The Morgan fingerprint density at radius 2 is 2.00 bits per heavy atom. The van der Waals surface area contributed by atoms with E-state index in [-0.39, 0.29) is 17.3 Å². The smallest absolute Gasteiger partial charge is 0.295 e. The number of ether oxygens (including phenoxy) is 1. The number of benzene rings is 1. The van der Waals surface area contributed by atoms with E-state index in [2.05, 4.69) is 24.1 Å². The van der Waals surface area contributed by atoms with Crippen LogP contribution < -0.4 is 11.1 Å². The zero-order chi connectivity index (χ0) is 20.0. The molecule has 1 saturated heterocycles. The number of nitrogens with zero attached hydrogens (tertiary/aromatic N) is 2. The fraction of sp³-hybridized carbons (Fsp3) is 0.611. The van der Waals surface area contributed by atoms with E-state index in [1.807, 2.05) is 0 Å². The number of hydrogen-bond donors (Lipinski definition) is 2. The van der Waals surface area contributed by atoms with Gasteiger partial charge in [-0.2, -0.15) is 0 Å². The normalized spacial score (nSPS) is 16.3. The molecule has 2 rings (SSSR count). The Morgan fingerprint density at radius 1 is 1.37 bits per heavy atom. The highest BCUT2D eigenvalue weighted by molar-refractivity contribution is 6.01. The van der Waals surface area contributed by atoms with Crippen molar-refractivity contribution >= 4 is 17.3 Å². The molecule has 1 fully saturated rings. The van der Waals surface area contributed by atoms with Crippen LogP contribution in [0.2, 0.25) is 0 Å². The van der Waals surface area contributed by atoms with Gasteiger partial charge in [-0.25, -0.2) is 4.39 Å². The van der Waals surface area contributed by atoms with Crippen molar-refractivity contribution in [3.05, 3.63) is 33.6 Å². The van der Waals surface area contributed by atoms with Crippen molar-refractivity contribution in [1.29, 1.82) is 0 Å². The molecule has 0 aliphatic carbocycles. The van der Waals surface area contributed by atoms with Gasteiger partial charge in [0.1, 0.15) is 11.5 Å². The van der Waals surface area contributed by atoms with E-state index in [0.717, 1.165) is 32.0 Å². The Bertz CT molecular complexity index is 676. The molecule has 1 aliphatic rings. The first kappa shape index (κ1) is 21.0. The standard InChI is InChI=1S/C18H27FN4O4/c1-3-12(4-2)16(22-5-7-27-8-6-22)11-21-18(24)14-9-13(19)10-15(17(14)20)23(25)26/h9-10,12,16H,3-8,11,20H2,1-2H3,(H,21,24). The van der Waals surface area contributed by atoms with Gasteiger partial charge in [0.25, 0.3) is 11.6 Å². The molecule has 150 valence electrons. The van der Waals surface area contributed by atoms with Gasteiger partial charge in [-0.3, -0.25) is 19.8 Å². The number of nitro groups is 1. The summed E-state index contributed by atoms with van der Waals surface area (Å²) in [5.74, 6) is -1.10. The van der Waals surface area contributed by atoms with E-state index < -0.39 is 22.3 Å². The zero-order valence-corrected chi connectivity index (χ0v) is 15.7. The predicted molar refractivity (Wildman–Crippen MR) is 100 cm³/mol. The number of halogens is 1. The van der Waals surface area contributed by atoms with Crippen LogP contribution in [0.5, 0.6) is 0 Å². The molecule has 1 atom stereocenters. The first-order valence-electron chi connectivity index (χ1n) is 9.22. The number of carbonyl (C=O) groups is 1. The van der Waals surface area contributed by atoms with E-state index in [0.29, 0.717) is 31.7 Å². The Labute approximate surface area is 158 Å². The Kier molecular flexibility index (Phi) is 7.49. The summed E-state index contributed by atoms with van der Waals surface area (Å²) in [5.41, 5.74) is 4.57. The average Bonchev–Trinajstić information content (AvgIpc) is 2.66. The maximum absolute atomic E-state index is 13.7. The molecule has 0 saturated carbocycles. The van der Waals surface area contributed by atoms with Crippen molar-refractivity contribution in [1.82, 2.24) is 10.2 Å². The van der Waals surface area contributed by atoms with Crippen LogP contribution in [0.15, 0.2) is 12.1 Å². The minimum Gasteiger partial charge on any atom is -0.393 e. The number of nitro benzene ring substituents is 1. The third kappa shape index (κ3) is 5.14. The Morgan fingerprint density at radius 3 is 2.56 bits per heavy atom. The summed E-state index contributed by atoms with van der Waals surface area (Å²) in [6.45, 7) is 7.43. The topological polar surface area (TPSA) is 111 Å². The lowest BCUT2D eigenvalue weighted by Gasteiger charge is -2.38. The minimum atomic E-state index is -0.870. The number of anilines is 1. The van der Waals surface area contributed by atoms with E-state index in [9.17, 15) is 19.3 Å². The second-order valence-corrected chi connectivity index (χ2v) is 6.65. The molecule has 0 spiro atoms. The third-order valence-electron chi connectivity index (χ3n) is 5.14. The molecule has 3 N–H and O–H groups in total. The van der Waals surface area contributed by atoms with E-state index in [4.69, 9.17) is 10.5 Å². The largest absolute Gasteiger partial charge is 0.393 e. The third-order valence-corrected chi connectivity index (χ3v) is 5.14. The molecule has 0 aromatic heterocycles. The lowest BCUT2D eigenvalue weighted by Crippen LogP contribution is -2.52. The molecule has 27 heavy (non-hydrogen) atoms. The lowest BCUT2D eigenvalue weighted by molar-refractivity contribution is -0.384.